The second kappa shape index (κ2) is 34.3. The van der Waals surface area contributed by atoms with E-state index in [1.807, 2.05) is 0 Å². The Hall–Kier alpha value is -0.0400. The first-order valence-electron chi connectivity index (χ1n) is 21.5. The predicted molar refractivity (Wildman–Crippen MR) is 202 cm³/mol. The number of unbranched alkanes of at least 4 members (excludes halogenated alkanes) is 34. The molecule has 1 heteroatoms. The Kier molecular flexibility index (Phi) is 32.7. The number of hydrogen-bond acceptors (Lipinski definition) is 1. The van der Waals surface area contributed by atoms with E-state index in [4.69, 9.17) is 0 Å². The van der Waals surface area contributed by atoms with E-state index >= 15 is 0 Å². The van der Waals surface area contributed by atoms with E-state index in [0.717, 1.165) is 0 Å². The lowest BCUT2D eigenvalue weighted by molar-refractivity contribution is 0.128. The lowest BCUT2D eigenvalue weighted by Crippen LogP contribution is -2.53. The third kappa shape index (κ3) is 28.2. The fourth-order valence-corrected chi connectivity index (χ4v) is 7.76. The minimum atomic E-state index is 0.685. The largest absolute Gasteiger partial charge is 0.316 e. The van der Waals surface area contributed by atoms with Crippen molar-refractivity contribution < 1.29 is 0 Å². The molecule has 1 aliphatic heterocycles. The zero-order valence-corrected chi connectivity index (χ0v) is 31.3. The van der Waals surface area contributed by atoms with Crippen molar-refractivity contribution in [2.75, 3.05) is 13.1 Å². The van der Waals surface area contributed by atoms with Crippen LogP contribution in [0, 0.1) is 5.41 Å². The zero-order chi connectivity index (χ0) is 31.5. The molecule has 1 heterocycles. The molecular formula is C43H87N. The summed E-state index contributed by atoms with van der Waals surface area (Å²) in [6.45, 7) is 7.24. The molecule has 0 radical (unpaired) electrons. The smallest absolute Gasteiger partial charge is 0.00202 e. The Morgan fingerprint density at radius 3 is 0.614 bits per heavy atom. The maximum atomic E-state index is 3.62. The molecule has 0 amide bonds. The monoisotopic (exact) mass is 618 g/mol. The maximum Gasteiger partial charge on any atom is 0.00202 e. The van der Waals surface area contributed by atoms with Gasteiger partial charge in [-0.1, -0.05) is 245 Å². The standard InChI is InChI=1S/C43H87N/c1-3-5-7-9-11-13-15-17-19-21-23-25-27-29-31-33-35-37-39-43(41-44-42-43)40-38-36-34-32-30-28-26-24-22-20-18-16-14-12-10-8-6-4-2/h44H,3-42H2,1-2H3. The van der Waals surface area contributed by atoms with Crippen molar-refractivity contribution in [2.24, 2.45) is 5.41 Å². The molecule has 1 rings (SSSR count). The van der Waals surface area contributed by atoms with E-state index in [2.05, 4.69) is 19.2 Å². The van der Waals surface area contributed by atoms with Crippen LogP contribution in [0.1, 0.15) is 258 Å². The Morgan fingerprint density at radius 1 is 0.273 bits per heavy atom. The highest BCUT2D eigenvalue weighted by atomic mass is 15.0. The van der Waals surface area contributed by atoms with Gasteiger partial charge in [-0.15, -0.1) is 0 Å². The summed E-state index contributed by atoms with van der Waals surface area (Å²) in [7, 11) is 0. The summed E-state index contributed by atoms with van der Waals surface area (Å²) in [6.07, 6.45) is 56.2. The van der Waals surface area contributed by atoms with Gasteiger partial charge in [-0.05, 0) is 18.3 Å². The summed E-state index contributed by atoms with van der Waals surface area (Å²) < 4.78 is 0. The van der Waals surface area contributed by atoms with E-state index in [1.165, 1.54) is 257 Å². The van der Waals surface area contributed by atoms with Crippen LogP contribution in [0.25, 0.3) is 0 Å². The van der Waals surface area contributed by atoms with Crippen LogP contribution in [0.5, 0.6) is 0 Å². The van der Waals surface area contributed by atoms with Crippen LogP contribution >= 0.6 is 0 Å². The molecule has 0 aromatic heterocycles. The van der Waals surface area contributed by atoms with Gasteiger partial charge >= 0.3 is 0 Å². The van der Waals surface area contributed by atoms with Gasteiger partial charge in [-0.2, -0.15) is 0 Å². The molecule has 1 fully saturated rings. The lowest BCUT2D eigenvalue weighted by Gasteiger charge is -2.43. The highest BCUT2D eigenvalue weighted by Gasteiger charge is 2.35. The molecule has 0 atom stereocenters. The predicted octanol–water partition coefficient (Wildman–Crippen LogP) is 15.4. The van der Waals surface area contributed by atoms with Crippen molar-refractivity contribution in [1.82, 2.24) is 5.32 Å². The first kappa shape index (κ1) is 42.0. The summed E-state index contributed by atoms with van der Waals surface area (Å²) in [4.78, 5) is 0. The molecule has 1 saturated heterocycles. The van der Waals surface area contributed by atoms with Crippen LogP contribution in [-0.2, 0) is 0 Å². The Labute approximate surface area is 281 Å². The SMILES string of the molecule is CCCCCCCCCCCCCCCCCCCCC1(CCCCCCCCCCCCCCCCCCCC)CNC1. The second-order valence-electron chi connectivity index (χ2n) is 15.6. The van der Waals surface area contributed by atoms with Gasteiger partial charge in [0.05, 0.1) is 0 Å². The number of nitrogens with one attached hydrogen (secondary N) is 1. The van der Waals surface area contributed by atoms with Crippen molar-refractivity contribution in [1.29, 1.82) is 0 Å². The van der Waals surface area contributed by atoms with Crippen LogP contribution in [0.2, 0.25) is 0 Å². The third-order valence-corrected chi connectivity index (χ3v) is 11.1. The fourth-order valence-electron chi connectivity index (χ4n) is 7.76. The molecule has 0 unspecified atom stereocenters. The molecule has 0 bridgehead atoms. The topological polar surface area (TPSA) is 12.0 Å². The minimum Gasteiger partial charge on any atom is -0.316 e. The average molecular weight is 618 g/mol. The highest BCUT2D eigenvalue weighted by Crippen LogP contribution is 2.35. The molecule has 1 aliphatic rings. The summed E-state index contributed by atoms with van der Waals surface area (Å²) >= 11 is 0. The van der Waals surface area contributed by atoms with E-state index in [9.17, 15) is 0 Å². The Morgan fingerprint density at radius 2 is 0.455 bits per heavy atom. The highest BCUT2D eigenvalue weighted by molar-refractivity contribution is 4.91. The summed E-state index contributed by atoms with van der Waals surface area (Å²) in [5.41, 5.74) is 0.685. The Balaban J connectivity index is 1.77. The van der Waals surface area contributed by atoms with Crippen LogP contribution < -0.4 is 5.32 Å². The lowest BCUT2D eigenvalue weighted by atomic mass is 9.73. The van der Waals surface area contributed by atoms with Gasteiger partial charge in [0.1, 0.15) is 0 Å². The molecule has 0 aromatic rings. The normalized spacial score (nSPS) is 14.3. The molecule has 0 aliphatic carbocycles. The van der Waals surface area contributed by atoms with E-state index in [0.29, 0.717) is 5.41 Å². The van der Waals surface area contributed by atoms with E-state index in [-0.39, 0.29) is 0 Å². The average Bonchev–Trinajstić information content (AvgIpc) is 3.01. The van der Waals surface area contributed by atoms with Crippen molar-refractivity contribution in [3.63, 3.8) is 0 Å². The molecule has 1 N–H and O–H groups in total. The van der Waals surface area contributed by atoms with Crippen molar-refractivity contribution in [3.8, 4) is 0 Å². The summed E-state index contributed by atoms with van der Waals surface area (Å²) in [5.74, 6) is 0. The van der Waals surface area contributed by atoms with Gasteiger partial charge in [0.2, 0.25) is 0 Å². The molecular weight excluding hydrogens is 530 g/mol. The molecule has 264 valence electrons. The van der Waals surface area contributed by atoms with Crippen LogP contribution in [0.3, 0.4) is 0 Å². The Bertz CT molecular complexity index is 481. The zero-order valence-electron chi connectivity index (χ0n) is 31.3. The van der Waals surface area contributed by atoms with Gasteiger partial charge < -0.3 is 5.32 Å². The minimum absolute atomic E-state index is 0.685. The quantitative estimate of drug-likeness (QED) is 0.0680. The van der Waals surface area contributed by atoms with Gasteiger partial charge in [-0.25, -0.2) is 0 Å². The van der Waals surface area contributed by atoms with Gasteiger partial charge in [0.25, 0.3) is 0 Å². The van der Waals surface area contributed by atoms with Gasteiger partial charge in [-0.3, -0.25) is 0 Å². The summed E-state index contributed by atoms with van der Waals surface area (Å²) in [6, 6.07) is 0. The maximum absolute atomic E-state index is 3.62. The first-order chi connectivity index (χ1) is 21.8. The van der Waals surface area contributed by atoms with Crippen LogP contribution in [-0.4, -0.2) is 13.1 Å². The van der Waals surface area contributed by atoms with E-state index < -0.39 is 0 Å². The van der Waals surface area contributed by atoms with E-state index in [1.54, 1.807) is 0 Å². The number of hydrogen-bond donors (Lipinski definition) is 1. The molecule has 1 nitrogen and oxygen atoms in total. The summed E-state index contributed by atoms with van der Waals surface area (Å²) in [5, 5.41) is 3.62. The van der Waals surface area contributed by atoms with Crippen LogP contribution in [0.4, 0.5) is 0 Å². The van der Waals surface area contributed by atoms with Crippen molar-refractivity contribution >= 4 is 0 Å². The molecule has 0 aromatic carbocycles. The third-order valence-electron chi connectivity index (χ3n) is 11.1. The fraction of sp³-hybridized carbons (Fsp3) is 1.00. The van der Waals surface area contributed by atoms with Crippen molar-refractivity contribution in [2.45, 2.75) is 258 Å². The molecule has 0 saturated carbocycles. The van der Waals surface area contributed by atoms with Crippen LogP contribution in [0.15, 0.2) is 0 Å². The second-order valence-corrected chi connectivity index (χ2v) is 15.6. The van der Waals surface area contributed by atoms with Crippen molar-refractivity contribution in [3.05, 3.63) is 0 Å². The van der Waals surface area contributed by atoms with Gasteiger partial charge in [0.15, 0.2) is 0 Å². The number of rotatable bonds is 38. The molecule has 0 spiro atoms. The first-order valence-corrected chi connectivity index (χ1v) is 21.5. The van der Waals surface area contributed by atoms with Gasteiger partial charge in [0, 0.05) is 13.1 Å². The molecule has 44 heavy (non-hydrogen) atoms.